The zero-order valence-corrected chi connectivity index (χ0v) is 17.9. The third-order valence-electron chi connectivity index (χ3n) is 4.16. The molecule has 5 nitrogen and oxygen atoms in total. The molecule has 31 heavy (non-hydrogen) atoms. The zero-order chi connectivity index (χ0) is 22.4. The summed E-state index contributed by atoms with van der Waals surface area (Å²) in [5.41, 5.74) is 7.86. The molecule has 0 bridgehead atoms. The van der Waals surface area contributed by atoms with Gasteiger partial charge < -0.3 is 15.8 Å². The van der Waals surface area contributed by atoms with Crippen molar-refractivity contribution < 1.29 is 13.9 Å². The van der Waals surface area contributed by atoms with Gasteiger partial charge in [0.2, 0.25) is 5.91 Å². The summed E-state index contributed by atoms with van der Waals surface area (Å²) in [5, 5.41) is 3.58. The Hall–Kier alpha value is -3.35. The average Bonchev–Trinajstić information content (AvgIpc) is 2.72. The molecule has 0 spiro atoms. The third-order valence-corrected chi connectivity index (χ3v) is 4.72. The van der Waals surface area contributed by atoms with Gasteiger partial charge in [-0.05, 0) is 54.1 Å². The van der Waals surface area contributed by atoms with E-state index in [2.05, 4.69) is 10.3 Å². The number of benzene rings is 3. The van der Waals surface area contributed by atoms with E-state index >= 15 is 0 Å². The quantitative estimate of drug-likeness (QED) is 0.277. The Bertz CT molecular complexity index is 1180. The molecule has 8 heteroatoms. The van der Waals surface area contributed by atoms with Crippen molar-refractivity contribution in [3.63, 3.8) is 0 Å². The fraction of sp³-hybridized carbons (Fsp3) is 0.0435. The lowest BCUT2D eigenvalue weighted by Crippen LogP contribution is -2.14. The smallest absolute Gasteiger partial charge is 0.248 e. The molecule has 0 aliphatic rings. The minimum absolute atomic E-state index is 0.0366. The Kier molecular flexibility index (Phi) is 7.28. The number of carbonyl (C=O) groups is 1. The molecule has 3 aromatic rings. The van der Waals surface area contributed by atoms with Crippen LogP contribution in [0.3, 0.4) is 0 Å². The Labute approximate surface area is 189 Å². The third kappa shape index (κ3) is 6.07. The Morgan fingerprint density at radius 3 is 2.65 bits per heavy atom. The molecule has 0 aromatic heterocycles. The molecule has 3 aromatic carbocycles. The van der Waals surface area contributed by atoms with Gasteiger partial charge in [-0.15, -0.1) is 0 Å². The van der Waals surface area contributed by atoms with Crippen LogP contribution < -0.4 is 15.8 Å². The van der Waals surface area contributed by atoms with Gasteiger partial charge in [-0.1, -0.05) is 41.4 Å². The largest absolute Gasteiger partial charge is 0.496 e. The van der Waals surface area contributed by atoms with E-state index in [1.165, 1.54) is 31.4 Å². The minimum Gasteiger partial charge on any atom is -0.496 e. The summed E-state index contributed by atoms with van der Waals surface area (Å²) >= 11 is 12.2. The maximum Gasteiger partial charge on any atom is 0.248 e. The molecule has 0 aliphatic heterocycles. The molecule has 0 radical (unpaired) electrons. The number of nitrogens with one attached hydrogen (secondary N) is 1. The first-order valence-electron chi connectivity index (χ1n) is 9.08. The number of nitrogens with zero attached hydrogens (tertiary/aromatic N) is 1. The van der Waals surface area contributed by atoms with Gasteiger partial charge in [0, 0.05) is 21.8 Å². The normalized spacial score (nSPS) is 11.5. The van der Waals surface area contributed by atoms with E-state index in [1.54, 1.807) is 42.5 Å². The van der Waals surface area contributed by atoms with Crippen LogP contribution in [0.4, 0.5) is 15.8 Å². The number of ether oxygens (including phenoxy) is 1. The highest BCUT2D eigenvalue weighted by Gasteiger charge is 2.10. The second-order valence-electron chi connectivity index (χ2n) is 6.38. The van der Waals surface area contributed by atoms with Crippen LogP contribution in [0.2, 0.25) is 10.0 Å². The number of amides is 1. The predicted octanol–water partition coefficient (Wildman–Crippen LogP) is 5.83. The fourth-order valence-corrected chi connectivity index (χ4v) is 3.18. The van der Waals surface area contributed by atoms with Crippen LogP contribution in [0.5, 0.6) is 5.75 Å². The molecule has 158 valence electrons. The summed E-state index contributed by atoms with van der Waals surface area (Å²) in [6.07, 6.45) is 2.96. The van der Waals surface area contributed by atoms with Gasteiger partial charge in [0.05, 0.1) is 18.4 Å². The molecule has 3 rings (SSSR count). The summed E-state index contributed by atoms with van der Waals surface area (Å²) in [4.78, 5) is 16.6. The number of nitrogens with two attached hydrogens (primary N) is 1. The van der Waals surface area contributed by atoms with Gasteiger partial charge in [-0.25, -0.2) is 9.38 Å². The van der Waals surface area contributed by atoms with Crippen molar-refractivity contribution in [3.05, 3.63) is 93.7 Å². The molecule has 0 atom stereocenters. The van der Waals surface area contributed by atoms with Crippen molar-refractivity contribution >= 4 is 52.4 Å². The van der Waals surface area contributed by atoms with Gasteiger partial charge in [0.15, 0.2) is 0 Å². The maximum absolute atomic E-state index is 13.6. The number of amidine groups is 1. The second-order valence-corrected chi connectivity index (χ2v) is 7.23. The van der Waals surface area contributed by atoms with Crippen LogP contribution in [0.25, 0.3) is 6.08 Å². The summed E-state index contributed by atoms with van der Waals surface area (Å²) in [7, 11) is 1.45. The number of carbonyl (C=O) groups excluding carboxylic acids is 1. The molecule has 0 fully saturated rings. The van der Waals surface area contributed by atoms with E-state index < -0.39 is 5.82 Å². The van der Waals surface area contributed by atoms with E-state index in [0.29, 0.717) is 38.3 Å². The van der Waals surface area contributed by atoms with Crippen molar-refractivity contribution in [2.24, 2.45) is 10.7 Å². The molecule has 0 heterocycles. The Morgan fingerprint density at radius 2 is 1.90 bits per heavy atom. The molecule has 0 saturated carbocycles. The standard InChI is InChI=1S/C23H18Cl2FN3O2/c1-31-21-8-7-16(26)12-19(21)23(27)29-18-11-15(24)10-17(13-18)28-22(30)9-6-14-4-2-3-5-20(14)25/h2-13H,1H3,(H2,27,29)(H,28,30). The summed E-state index contributed by atoms with van der Waals surface area (Å²) < 4.78 is 18.8. The van der Waals surface area contributed by atoms with Crippen molar-refractivity contribution in [1.29, 1.82) is 0 Å². The molecule has 0 saturated heterocycles. The van der Waals surface area contributed by atoms with Gasteiger partial charge in [-0.3, -0.25) is 4.79 Å². The molecule has 3 N–H and O–H groups in total. The van der Waals surface area contributed by atoms with Crippen LogP contribution in [0.1, 0.15) is 11.1 Å². The van der Waals surface area contributed by atoms with E-state index in [1.807, 2.05) is 6.07 Å². The van der Waals surface area contributed by atoms with Crippen LogP contribution >= 0.6 is 23.2 Å². The number of anilines is 1. The Morgan fingerprint density at radius 1 is 1.13 bits per heavy atom. The van der Waals surface area contributed by atoms with Crippen LogP contribution in [0, 0.1) is 5.82 Å². The SMILES string of the molecule is COc1ccc(F)cc1C(N)=Nc1cc(Cl)cc(NC(=O)C=Cc2ccccc2Cl)c1. The summed E-state index contributed by atoms with van der Waals surface area (Å²) in [6.45, 7) is 0. The number of hydrogen-bond donors (Lipinski definition) is 2. The molecular weight excluding hydrogens is 440 g/mol. The molecule has 0 unspecified atom stereocenters. The van der Waals surface area contributed by atoms with E-state index in [0.717, 1.165) is 0 Å². The monoisotopic (exact) mass is 457 g/mol. The molecule has 0 aliphatic carbocycles. The highest BCUT2D eigenvalue weighted by Crippen LogP contribution is 2.27. The molecule has 1 amide bonds. The lowest BCUT2D eigenvalue weighted by molar-refractivity contribution is -0.111. The fourth-order valence-electron chi connectivity index (χ4n) is 2.75. The van der Waals surface area contributed by atoms with Crippen molar-refractivity contribution in [3.8, 4) is 5.75 Å². The topological polar surface area (TPSA) is 76.7 Å². The minimum atomic E-state index is -0.474. The lowest BCUT2D eigenvalue weighted by Gasteiger charge is -2.09. The Balaban J connectivity index is 1.82. The predicted molar refractivity (Wildman–Crippen MR) is 124 cm³/mol. The first-order chi connectivity index (χ1) is 14.9. The first kappa shape index (κ1) is 22.3. The number of hydrogen-bond acceptors (Lipinski definition) is 3. The number of rotatable bonds is 6. The van der Waals surface area contributed by atoms with E-state index in [4.69, 9.17) is 33.7 Å². The highest BCUT2D eigenvalue weighted by atomic mass is 35.5. The molecular formula is C23H18Cl2FN3O2. The average molecular weight is 458 g/mol. The van der Waals surface area contributed by atoms with Crippen LogP contribution in [0.15, 0.2) is 71.7 Å². The highest BCUT2D eigenvalue weighted by molar-refractivity contribution is 6.32. The van der Waals surface area contributed by atoms with Gasteiger partial charge in [-0.2, -0.15) is 0 Å². The maximum atomic E-state index is 13.6. The van der Waals surface area contributed by atoms with Gasteiger partial charge >= 0.3 is 0 Å². The van der Waals surface area contributed by atoms with Crippen LogP contribution in [-0.4, -0.2) is 18.9 Å². The summed E-state index contributed by atoms with van der Waals surface area (Å²) in [5.74, 6) is -0.437. The second kappa shape index (κ2) is 10.1. The summed E-state index contributed by atoms with van der Waals surface area (Å²) in [6, 6.07) is 15.8. The van der Waals surface area contributed by atoms with Gasteiger partial charge in [0.25, 0.3) is 0 Å². The van der Waals surface area contributed by atoms with E-state index in [9.17, 15) is 9.18 Å². The van der Waals surface area contributed by atoms with Crippen molar-refractivity contribution in [2.75, 3.05) is 12.4 Å². The van der Waals surface area contributed by atoms with Gasteiger partial charge in [0.1, 0.15) is 17.4 Å². The van der Waals surface area contributed by atoms with Crippen molar-refractivity contribution in [2.45, 2.75) is 0 Å². The lowest BCUT2D eigenvalue weighted by atomic mass is 10.1. The van der Waals surface area contributed by atoms with Crippen LogP contribution in [-0.2, 0) is 4.79 Å². The number of halogens is 3. The number of aliphatic imine (C=N–C) groups is 1. The first-order valence-corrected chi connectivity index (χ1v) is 9.83. The van der Waals surface area contributed by atoms with E-state index in [-0.39, 0.29) is 11.7 Å². The van der Waals surface area contributed by atoms with Crippen molar-refractivity contribution in [1.82, 2.24) is 0 Å². The number of methoxy groups -OCH3 is 1. The zero-order valence-electron chi connectivity index (χ0n) is 16.4.